The number of benzene rings is 2. The quantitative estimate of drug-likeness (QED) is 0.533. The second kappa shape index (κ2) is 6.33. The molecule has 1 heterocycles. The van der Waals surface area contributed by atoms with Gasteiger partial charge in [0.1, 0.15) is 5.50 Å². The summed E-state index contributed by atoms with van der Waals surface area (Å²) in [6.07, 6.45) is 0. The number of hydrogen-bond acceptors (Lipinski definition) is 2. The van der Waals surface area contributed by atoms with Gasteiger partial charge in [-0.05, 0) is 63.8 Å². The van der Waals surface area contributed by atoms with Crippen molar-refractivity contribution < 1.29 is 0 Å². The molecule has 0 spiro atoms. The van der Waals surface area contributed by atoms with Crippen molar-refractivity contribution >= 4 is 23.0 Å². The van der Waals surface area contributed by atoms with Crippen LogP contribution in [-0.4, -0.2) is 18.7 Å². The molecule has 0 amide bonds. The Balaban J connectivity index is 1.97. The SMILES string of the molecule is Cc1cc(C)c(N2CC(Cl)N(c3c(C)cc(C)cc3C)C2)c(C)c1. The molecule has 1 saturated heterocycles. The van der Waals surface area contributed by atoms with E-state index in [1.807, 2.05) is 0 Å². The molecular formula is C21H27ClN2. The lowest BCUT2D eigenvalue weighted by Crippen LogP contribution is -2.29. The van der Waals surface area contributed by atoms with Gasteiger partial charge in [0.2, 0.25) is 0 Å². The summed E-state index contributed by atoms with van der Waals surface area (Å²) in [5, 5.41) is 0. The fourth-order valence-corrected chi connectivity index (χ4v) is 4.61. The Hall–Kier alpha value is -1.67. The van der Waals surface area contributed by atoms with E-state index in [0.29, 0.717) is 0 Å². The molecule has 2 aromatic rings. The number of halogens is 1. The first-order chi connectivity index (χ1) is 11.3. The monoisotopic (exact) mass is 342 g/mol. The first-order valence-corrected chi connectivity index (χ1v) is 9.03. The van der Waals surface area contributed by atoms with Crippen LogP contribution in [0.4, 0.5) is 11.4 Å². The van der Waals surface area contributed by atoms with Crippen LogP contribution in [0.5, 0.6) is 0 Å². The van der Waals surface area contributed by atoms with Gasteiger partial charge in [0, 0.05) is 11.4 Å². The smallest absolute Gasteiger partial charge is 0.123 e. The Morgan fingerprint density at radius 3 is 1.62 bits per heavy atom. The summed E-state index contributed by atoms with van der Waals surface area (Å²) in [5.74, 6) is 0. The van der Waals surface area contributed by atoms with Crippen LogP contribution < -0.4 is 9.80 Å². The molecular weight excluding hydrogens is 316 g/mol. The molecule has 1 aliphatic rings. The number of anilines is 2. The maximum absolute atomic E-state index is 6.76. The van der Waals surface area contributed by atoms with Gasteiger partial charge in [-0.3, -0.25) is 0 Å². The minimum atomic E-state index is -0.00907. The van der Waals surface area contributed by atoms with Crippen LogP contribution in [0.3, 0.4) is 0 Å². The van der Waals surface area contributed by atoms with Crippen molar-refractivity contribution in [1.29, 1.82) is 0 Å². The zero-order valence-corrected chi connectivity index (χ0v) is 16.3. The van der Waals surface area contributed by atoms with E-state index in [-0.39, 0.29) is 5.50 Å². The summed E-state index contributed by atoms with van der Waals surface area (Å²) in [5.41, 5.74) is 10.5. The van der Waals surface area contributed by atoms with Gasteiger partial charge < -0.3 is 9.80 Å². The molecule has 0 bridgehead atoms. The first-order valence-electron chi connectivity index (χ1n) is 8.59. The molecule has 128 valence electrons. The van der Waals surface area contributed by atoms with E-state index in [1.54, 1.807) is 0 Å². The molecule has 3 heteroatoms. The first kappa shape index (κ1) is 17.2. The lowest BCUT2D eigenvalue weighted by atomic mass is 10.0. The van der Waals surface area contributed by atoms with E-state index in [0.717, 1.165) is 13.2 Å². The second-order valence-electron chi connectivity index (χ2n) is 7.26. The van der Waals surface area contributed by atoms with E-state index in [1.165, 1.54) is 44.8 Å². The molecule has 24 heavy (non-hydrogen) atoms. The maximum atomic E-state index is 6.76. The largest absolute Gasteiger partial charge is 0.350 e. The molecule has 0 N–H and O–H groups in total. The van der Waals surface area contributed by atoms with Gasteiger partial charge in [-0.15, -0.1) is 0 Å². The van der Waals surface area contributed by atoms with Gasteiger partial charge in [-0.2, -0.15) is 0 Å². The third kappa shape index (κ3) is 3.00. The highest BCUT2D eigenvalue weighted by Crippen LogP contribution is 2.36. The third-order valence-corrected chi connectivity index (χ3v) is 5.28. The van der Waals surface area contributed by atoms with Crippen LogP contribution in [0.2, 0.25) is 0 Å². The number of hydrogen-bond donors (Lipinski definition) is 0. The summed E-state index contributed by atoms with van der Waals surface area (Å²) in [7, 11) is 0. The molecule has 2 aromatic carbocycles. The van der Waals surface area contributed by atoms with Crippen LogP contribution >= 0.6 is 11.6 Å². The Bertz CT molecular complexity index is 735. The van der Waals surface area contributed by atoms with Crippen molar-refractivity contribution in [3.63, 3.8) is 0 Å². The van der Waals surface area contributed by atoms with E-state index in [4.69, 9.17) is 11.6 Å². The molecule has 0 aromatic heterocycles. The number of alkyl halides is 1. The van der Waals surface area contributed by atoms with Crippen molar-refractivity contribution in [2.45, 2.75) is 47.0 Å². The lowest BCUT2D eigenvalue weighted by molar-refractivity contribution is 0.908. The van der Waals surface area contributed by atoms with Crippen LogP contribution in [0.15, 0.2) is 24.3 Å². The summed E-state index contributed by atoms with van der Waals surface area (Å²) in [6, 6.07) is 9.02. The van der Waals surface area contributed by atoms with Crippen LogP contribution in [0.25, 0.3) is 0 Å². The highest BCUT2D eigenvalue weighted by atomic mass is 35.5. The molecule has 1 fully saturated rings. The fraction of sp³-hybridized carbons (Fsp3) is 0.429. The van der Waals surface area contributed by atoms with Gasteiger partial charge in [0.05, 0.1) is 13.2 Å². The van der Waals surface area contributed by atoms with Crippen molar-refractivity contribution in [3.8, 4) is 0 Å². The molecule has 2 nitrogen and oxygen atoms in total. The van der Waals surface area contributed by atoms with Gasteiger partial charge in [0.25, 0.3) is 0 Å². The standard InChI is InChI=1S/C21H27ClN2/c1-13-7-15(3)20(16(4)8-13)23-11-19(22)24(12-23)21-17(5)9-14(2)10-18(21)6/h7-10,19H,11-12H2,1-6H3. The van der Waals surface area contributed by atoms with Crippen molar-refractivity contribution in [1.82, 2.24) is 0 Å². The zero-order valence-electron chi connectivity index (χ0n) is 15.6. The normalized spacial score (nSPS) is 17.7. The van der Waals surface area contributed by atoms with E-state index in [9.17, 15) is 0 Å². The number of nitrogens with zero attached hydrogens (tertiary/aromatic N) is 2. The van der Waals surface area contributed by atoms with E-state index >= 15 is 0 Å². The molecule has 0 aliphatic carbocycles. The van der Waals surface area contributed by atoms with Crippen molar-refractivity contribution in [2.24, 2.45) is 0 Å². The summed E-state index contributed by atoms with van der Waals surface area (Å²) in [6.45, 7) is 14.8. The predicted octanol–water partition coefficient (Wildman–Crippen LogP) is 5.39. The maximum Gasteiger partial charge on any atom is 0.123 e. The van der Waals surface area contributed by atoms with Gasteiger partial charge >= 0.3 is 0 Å². The highest BCUT2D eigenvalue weighted by Gasteiger charge is 2.32. The molecule has 1 unspecified atom stereocenters. The molecule has 0 saturated carbocycles. The van der Waals surface area contributed by atoms with Gasteiger partial charge in [0.15, 0.2) is 0 Å². The second-order valence-corrected chi connectivity index (χ2v) is 7.77. The summed E-state index contributed by atoms with van der Waals surface area (Å²) in [4.78, 5) is 4.75. The topological polar surface area (TPSA) is 6.48 Å². The highest BCUT2D eigenvalue weighted by molar-refractivity contribution is 6.22. The number of aryl methyl sites for hydroxylation is 6. The average molecular weight is 343 g/mol. The molecule has 1 atom stereocenters. The Kier molecular flexibility index (Phi) is 4.52. The van der Waals surface area contributed by atoms with Crippen LogP contribution in [0, 0.1) is 41.5 Å². The van der Waals surface area contributed by atoms with Crippen molar-refractivity contribution in [3.05, 3.63) is 57.6 Å². The third-order valence-electron chi connectivity index (χ3n) is 4.91. The minimum absolute atomic E-state index is 0.00907. The zero-order chi connectivity index (χ0) is 17.6. The summed E-state index contributed by atoms with van der Waals surface area (Å²) < 4.78 is 0. The molecule has 0 radical (unpaired) electrons. The fourth-order valence-electron chi connectivity index (χ4n) is 4.28. The van der Waals surface area contributed by atoms with Crippen LogP contribution in [0.1, 0.15) is 33.4 Å². The average Bonchev–Trinajstić information content (AvgIpc) is 2.78. The van der Waals surface area contributed by atoms with Crippen molar-refractivity contribution in [2.75, 3.05) is 23.0 Å². The summed E-state index contributed by atoms with van der Waals surface area (Å²) >= 11 is 6.76. The minimum Gasteiger partial charge on any atom is -0.350 e. The Morgan fingerprint density at radius 2 is 1.17 bits per heavy atom. The Labute approximate surface area is 151 Å². The van der Waals surface area contributed by atoms with E-state index < -0.39 is 0 Å². The Morgan fingerprint density at radius 1 is 0.750 bits per heavy atom. The number of rotatable bonds is 2. The van der Waals surface area contributed by atoms with E-state index in [2.05, 4.69) is 75.6 Å². The lowest BCUT2D eigenvalue weighted by Gasteiger charge is -2.27. The van der Waals surface area contributed by atoms with Gasteiger partial charge in [-0.25, -0.2) is 0 Å². The molecule has 3 rings (SSSR count). The predicted molar refractivity (Wildman–Crippen MR) is 106 cm³/mol. The molecule has 1 aliphatic heterocycles. The van der Waals surface area contributed by atoms with Gasteiger partial charge in [-0.1, -0.05) is 47.0 Å². The van der Waals surface area contributed by atoms with Crippen LogP contribution in [-0.2, 0) is 0 Å².